The maximum Gasteiger partial charge on any atom is 0.345 e. The molecule has 0 unspecified atom stereocenters. The molecule has 1 aliphatic heterocycles. The molecule has 1 heterocycles. The van der Waals surface area contributed by atoms with Crippen LogP contribution in [0.2, 0.25) is 0 Å². The topological polar surface area (TPSA) is 38.3 Å². The van der Waals surface area contributed by atoms with Crippen LogP contribution in [0.25, 0.3) is 0 Å². The summed E-state index contributed by atoms with van der Waals surface area (Å²) in [4.78, 5) is 11.4. The van der Waals surface area contributed by atoms with Gasteiger partial charge in [-0.15, -0.1) is 0 Å². The first-order chi connectivity index (χ1) is 6.93. The quantitative estimate of drug-likeness (QED) is 0.634. The number of esters is 1. The van der Waals surface area contributed by atoms with Gasteiger partial charge in [-0.05, 0) is 55.7 Å². The van der Waals surface area contributed by atoms with E-state index in [-0.39, 0.29) is 10.5 Å². The molecule has 0 aromatic heterocycles. The fourth-order valence-electron chi connectivity index (χ4n) is 1.89. The van der Waals surface area contributed by atoms with E-state index < -0.39 is 5.60 Å². The van der Waals surface area contributed by atoms with Crippen LogP contribution in [0, 0.1) is 5.92 Å². The fraction of sp³-hybridized carbons (Fsp3) is 0.727. The Labute approximate surface area is 99.4 Å². The summed E-state index contributed by atoms with van der Waals surface area (Å²) in [6.45, 7) is 9.45. The number of halogens is 1. The lowest BCUT2D eigenvalue weighted by atomic mass is 9.83. The SMILES string of the molecule is C=C(Br)C(=O)OC(C)(C)C1CCNCC1. The molecule has 0 spiro atoms. The van der Waals surface area contributed by atoms with E-state index in [4.69, 9.17) is 4.74 Å². The van der Waals surface area contributed by atoms with Crippen LogP contribution in [0.5, 0.6) is 0 Å². The maximum absolute atomic E-state index is 11.4. The smallest absolute Gasteiger partial charge is 0.345 e. The Morgan fingerprint density at radius 1 is 1.47 bits per heavy atom. The molecule has 0 atom stereocenters. The molecule has 1 fully saturated rings. The van der Waals surface area contributed by atoms with Crippen LogP contribution in [-0.4, -0.2) is 24.7 Å². The molecular weight excluding hydrogens is 258 g/mol. The first-order valence-corrected chi connectivity index (χ1v) is 6.01. The third-order valence-corrected chi connectivity index (χ3v) is 3.22. The molecule has 4 heteroatoms. The molecule has 1 rings (SSSR count). The van der Waals surface area contributed by atoms with Gasteiger partial charge in [0, 0.05) is 5.92 Å². The van der Waals surface area contributed by atoms with Crippen LogP contribution in [0.3, 0.4) is 0 Å². The van der Waals surface area contributed by atoms with Crippen LogP contribution in [0.4, 0.5) is 0 Å². The average molecular weight is 276 g/mol. The minimum Gasteiger partial charge on any atom is -0.455 e. The fourth-order valence-corrected chi connectivity index (χ4v) is 1.98. The summed E-state index contributed by atoms with van der Waals surface area (Å²) in [5.41, 5.74) is -0.407. The molecule has 0 aliphatic carbocycles. The Bertz CT molecular complexity index is 257. The van der Waals surface area contributed by atoms with Crippen LogP contribution in [0.15, 0.2) is 11.1 Å². The molecule has 0 amide bonds. The van der Waals surface area contributed by atoms with E-state index in [1.807, 2.05) is 13.8 Å². The number of nitrogens with one attached hydrogen (secondary N) is 1. The Kier molecular flexibility index (Phi) is 4.34. The molecule has 1 saturated heterocycles. The van der Waals surface area contributed by atoms with Gasteiger partial charge < -0.3 is 10.1 Å². The molecular formula is C11H18BrNO2. The molecule has 1 N–H and O–H groups in total. The van der Waals surface area contributed by atoms with E-state index in [0.717, 1.165) is 25.9 Å². The van der Waals surface area contributed by atoms with Gasteiger partial charge in [-0.25, -0.2) is 4.79 Å². The van der Waals surface area contributed by atoms with Gasteiger partial charge in [-0.3, -0.25) is 0 Å². The lowest BCUT2D eigenvalue weighted by Gasteiger charge is -2.36. The van der Waals surface area contributed by atoms with Crippen molar-refractivity contribution < 1.29 is 9.53 Å². The van der Waals surface area contributed by atoms with Crippen molar-refractivity contribution in [1.29, 1.82) is 0 Å². The summed E-state index contributed by atoms with van der Waals surface area (Å²) in [5, 5.41) is 3.30. The third kappa shape index (κ3) is 3.61. The second kappa shape index (κ2) is 5.12. The second-order valence-electron chi connectivity index (χ2n) is 4.42. The van der Waals surface area contributed by atoms with Crippen LogP contribution in [0.1, 0.15) is 26.7 Å². The highest BCUT2D eigenvalue weighted by atomic mass is 79.9. The van der Waals surface area contributed by atoms with E-state index >= 15 is 0 Å². The van der Waals surface area contributed by atoms with Crippen molar-refractivity contribution in [2.24, 2.45) is 5.92 Å². The van der Waals surface area contributed by atoms with E-state index in [0.29, 0.717) is 5.92 Å². The van der Waals surface area contributed by atoms with Crippen molar-refractivity contribution in [2.45, 2.75) is 32.3 Å². The predicted octanol–water partition coefficient (Wildman–Crippen LogP) is 2.22. The first kappa shape index (κ1) is 12.7. The highest BCUT2D eigenvalue weighted by molar-refractivity contribution is 9.12. The molecule has 0 radical (unpaired) electrons. The number of carbonyl (C=O) groups is 1. The summed E-state index contributed by atoms with van der Waals surface area (Å²) in [5.74, 6) is 0.0630. The summed E-state index contributed by atoms with van der Waals surface area (Å²) < 4.78 is 5.71. The number of piperidine rings is 1. The maximum atomic E-state index is 11.4. The Morgan fingerprint density at radius 3 is 2.47 bits per heavy atom. The van der Waals surface area contributed by atoms with Crippen LogP contribution >= 0.6 is 15.9 Å². The van der Waals surface area contributed by atoms with Gasteiger partial charge in [0.25, 0.3) is 0 Å². The lowest BCUT2D eigenvalue weighted by Crippen LogP contribution is -2.42. The number of hydrogen-bond donors (Lipinski definition) is 1. The van der Waals surface area contributed by atoms with Crippen molar-refractivity contribution in [3.05, 3.63) is 11.1 Å². The number of rotatable bonds is 3. The summed E-state index contributed by atoms with van der Waals surface area (Å²) in [6.07, 6.45) is 2.10. The third-order valence-electron chi connectivity index (χ3n) is 2.90. The van der Waals surface area contributed by atoms with Crippen LogP contribution in [-0.2, 0) is 9.53 Å². The van der Waals surface area contributed by atoms with E-state index in [1.165, 1.54) is 0 Å². The van der Waals surface area contributed by atoms with Gasteiger partial charge in [0.2, 0.25) is 0 Å². The molecule has 3 nitrogen and oxygen atoms in total. The van der Waals surface area contributed by atoms with Crippen molar-refractivity contribution in [3.8, 4) is 0 Å². The molecule has 86 valence electrons. The molecule has 0 bridgehead atoms. The molecule has 15 heavy (non-hydrogen) atoms. The van der Waals surface area contributed by atoms with E-state index in [1.54, 1.807) is 0 Å². The van der Waals surface area contributed by atoms with Crippen molar-refractivity contribution in [3.63, 3.8) is 0 Å². The normalized spacial score (nSPS) is 18.6. The van der Waals surface area contributed by atoms with Crippen molar-refractivity contribution in [1.82, 2.24) is 5.32 Å². The Morgan fingerprint density at radius 2 is 2.00 bits per heavy atom. The highest BCUT2D eigenvalue weighted by Crippen LogP contribution is 2.29. The van der Waals surface area contributed by atoms with Crippen molar-refractivity contribution in [2.75, 3.05) is 13.1 Å². The van der Waals surface area contributed by atoms with Gasteiger partial charge >= 0.3 is 5.97 Å². The van der Waals surface area contributed by atoms with Gasteiger partial charge in [0.15, 0.2) is 0 Å². The summed E-state index contributed by atoms with van der Waals surface area (Å²) in [7, 11) is 0. The second-order valence-corrected chi connectivity index (χ2v) is 5.38. The van der Waals surface area contributed by atoms with E-state index in [9.17, 15) is 4.79 Å². The first-order valence-electron chi connectivity index (χ1n) is 5.22. The number of carbonyl (C=O) groups excluding carboxylic acids is 1. The highest BCUT2D eigenvalue weighted by Gasteiger charge is 2.34. The Hall–Kier alpha value is -0.350. The Balaban J connectivity index is 2.56. The lowest BCUT2D eigenvalue weighted by molar-refractivity contribution is -0.156. The number of ether oxygens (including phenoxy) is 1. The van der Waals surface area contributed by atoms with Gasteiger partial charge in [-0.2, -0.15) is 0 Å². The van der Waals surface area contributed by atoms with E-state index in [2.05, 4.69) is 27.8 Å². The summed E-state index contributed by atoms with van der Waals surface area (Å²) in [6, 6.07) is 0. The monoisotopic (exact) mass is 275 g/mol. The molecule has 0 aromatic rings. The number of hydrogen-bond acceptors (Lipinski definition) is 3. The van der Waals surface area contributed by atoms with Gasteiger partial charge in [-0.1, -0.05) is 6.58 Å². The minimum atomic E-state index is -0.407. The zero-order valence-corrected chi connectivity index (χ0v) is 10.9. The van der Waals surface area contributed by atoms with Crippen LogP contribution < -0.4 is 5.32 Å². The minimum absolute atomic E-state index is 0.282. The van der Waals surface area contributed by atoms with Gasteiger partial charge in [0.05, 0.1) is 4.48 Å². The predicted molar refractivity (Wildman–Crippen MR) is 63.8 cm³/mol. The molecule has 0 aromatic carbocycles. The molecule has 1 aliphatic rings. The van der Waals surface area contributed by atoms with Gasteiger partial charge in [0.1, 0.15) is 5.60 Å². The zero-order valence-electron chi connectivity index (χ0n) is 9.31. The standard InChI is InChI=1S/C11H18BrNO2/c1-8(12)10(14)15-11(2,3)9-4-6-13-7-5-9/h9,13H,1,4-7H2,2-3H3. The summed E-state index contributed by atoms with van der Waals surface area (Å²) >= 11 is 3.04. The van der Waals surface area contributed by atoms with Crippen molar-refractivity contribution >= 4 is 21.9 Å². The zero-order chi connectivity index (χ0) is 11.5. The largest absolute Gasteiger partial charge is 0.455 e. The molecule has 0 saturated carbocycles. The average Bonchev–Trinajstić information content (AvgIpc) is 2.18.